The Balaban J connectivity index is 2.42. The molecule has 0 aliphatic heterocycles. The third-order valence-electron chi connectivity index (χ3n) is 2.14. The van der Waals surface area contributed by atoms with Crippen molar-refractivity contribution in [1.29, 1.82) is 0 Å². The molecule has 0 aliphatic rings. The molecule has 4 heteroatoms. The summed E-state index contributed by atoms with van der Waals surface area (Å²) < 4.78 is 4.53. The number of aliphatic hydroxyl groups is 1. The molecule has 0 spiro atoms. The predicted octanol–water partition coefficient (Wildman–Crippen LogP) is 3.30. The van der Waals surface area contributed by atoms with Gasteiger partial charge in [0.15, 0.2) is 0 Å². The van der Waals surface area contributed by atoms with Gasteiger partial charge in [-0.2, -0.15) is 0 Å². The average Bonchev–Trinajstić information content (AvgIpc) is 2.27. The number of aliphatic hydroxyl groups excluding tert-OH is 1. The van der Waals surface area contributed by atoms with E-state index in [4.69, 9.17) is 5.11 Å². The van der Waals surface area contributed by atoms with Crippen molar-refractivity contribution in [1.82, 2.24) is 0 Å². The third kappa shape index (κ3) is 4.95. The summed E-state index contributed by atoms with van der Waals surface area (Å²) in [6.45, 7) is 6.90. The van der Waals surface area contributed by atoms with Gasteiger partial charge in [0.2, 0.25) is 0 Å². The molecule has 0 fully saturated rings. The standard InChI is InChI=1S/C13H16O3S/c1-9-4-6-12(7-5-9)17-8-10(2)13(15)16-11(3)14/h4-7,10,14H,3,8H2,1-2H3. The molecule has 1 unspecified atom stereocenters. The molecular weight excluding hydrogens is 236 g/mol. The van der Waals surface area contributed by atoms with Gasteiger partial charge in [-0.05, 0) is 25.6 Å². The van der Waals surface area contributed by atoms with Crippen molar-refractivity contribution in [3.63, 3.8) is 0 Å². The van der Waals surface area contributed by atoms with Gasteiger partial charge in [-0.15, -0.1) is 11.8 Å². The third-order valence-corrected chi connectivity index (χ3v) is 3.41. The first-order valence-electron chi connectivity index (χ1n) is 5.28. The van der Waals surface area contributed by atoms with Gasteiger partial charge in [-0.25, -0.2) is 0 Å². The highest BCUT2D eigenvalue weighted by molar-refractivity contribution is 7.99. The van der Waals surface area contributed by atoms with E-state index in [9.17, 15) is 4.79 Å². The van der Waals surface area contributed by atoms with Crippen LogP contribution in [-0.2, 0) is 9.53 Å². The van der Waals surface area contributed by atoms with Crippen LogP contribution in [0.5, 0.6) is 0 Å². The molecule has 0 amide bonds. The number of hydrogen-bond donors (Lipinski definition) is 1. The molecule has 1 aromatic rings. The van der Waals surface area contributed by atoms with E-state index in [1.165, 1.54) is 5.56 Å². The summed E-state index contributed by atoms with van der Waals surface area (Å²) in [7, 11) is 0. The number of benzene rings is 1. The summed E-state index contributed by atoms with van der Waals surface area (Å²) in [4.78, 5) is 12.5. The number of thioether (sulfide) groups is 1. The Morgan fingerprint density at radius 2 is 2.06 bits per heavy atom. The van der Waals surface area contributed by atoms with E-state index >= 15 is 0 Å². The molecule has 1 aromatic carbocycles. The summed E-state index contributed by atoms with van der Waals surface area (Å²) in [5.74, 6) is -0.695. The van der Waals surface area contributed by atoms with Crippen LogP contribution >= 0.6 is 11.8 Å². The molecule has 92 valence electrons. The summed E-state index contributed by atoms with van der Waals surface area (Å²) in [5.41, 5.74) is 1.21. The fourth-order valence-electron chi connectivity index (χ4n) is 1.14. The maximum Gasteiger partial charge on any atom is 0.317 e. The van der Waals surface area contributed by atoms with Gasteiger partial charge >= 0.3 is 5.97 Å². The number of carbonyl (C=O) groups excluding carboxylic acids is 1. The van der Waals surface area contributed by atoms with Gasteiger partial charge in [0, 0.05) is 10.6 Å². The molecule has 1 N–H and O–H groups in total. The van der Waals surface area contributed by atoms with E-state index < -0.39 is 11.9 Å². The number of ether oxygens (including phenoxy) is 1. The van der Waals surface area contributed by atoms with Crippen LogP contribution in [0.1, 0.15) is 12.5 Å². The van der Waals surface area contributed by atoms with Crippen LogP contribution in [0.3, 0.4) is 0 Å². The average molecular weight is 252 g/mol. The zero-order chi connectivity index (χ0) is 12.8. The largest absolute Gasteiger partial charge is 0.481 e. The maximum atomic E-state index is 11.4. The molecular formula is C13H16O3S. The molecule has 3 nitrogen and oxygen atoms in total. The van der Waals surface area contributed by atoms with Crippen molar-refractivity contribution < 1.29 is 14.6 Å². The molecule has 0 radical (unpaired) electrons. The van der Waals surface area contributed by atoms with Gasteiger partial charge in [0.05, 0.1) is 5.92 Å². The van der Waals surface area contributed by atoms with Crippen molar-refractivity contribution in [2.45, 2.75) is 18.7 Å². The molecule has 0 bridgehead atoms. The summed E-state index contributed by atoms with van der Waals surface area (Å²) in [6.07, 6.45) is 0. The number of carbonyl (C=O) groups is 1. The van der Waals surface area contributed by atoms with Crippen molar-refractivity contribution in [3.8, 4) is 0 Å². The van der Waals surface area contributed by atoms with Crippen molar-refractivity contribution in [3.05, 3.63) is 42.4 Å². The first-order valence-corrected chi connectivity index (χ1v) is 6.26. The fourth-order valence-corrected chi connectivity index (χ4v) is 2.05. The SMILES string of the molecule is C=C(O)OC(=O)C(C)CSc1ccc(C)cc1. The van der Waals surface area contributed by atoms with Crippen molar-refractivity contribution >= 4 is 17.7 Å². The molecule has 0 aliphatic carbocycles. The topological polar surface area (TPSA) is 46.5 Å². The summed E-state index contributed by atoms with van der Waals surface area (Å²) in [5, 5.41) is 8.74. The normalized spacial score (nSPS) is 11.9. The van der Waals surface area contributed by atoms with E-state index in [1.54, 1.807) is 18.7 Å². The van der Waals surface area contributed by atoms with Crippen LogP contribution in [0.2, 0.25) is 0 Å². The van der Waals surface area contributed by atoms with E-state index in [1.807, 2.05) is 31.2 Å². The van der Waals surface area contributed by atoms with Crippen LogP contribution < -0.4 is 0 Å². The van der Waals surface area contributed by atoms with Crippen molar-refractivity contribution in [2.24, 2.45) is 5.92 Å². The zero-order valence-electron chi connectivity index (χ0n) is 9.97. The lowest BCUT2D eigenvalue weighted by Crippen LogP contribution is -2.16. The highest BCUT2D eigenvalue weighted by atomic mass is 32.2. The van der Waals surface area contributed by atoms with E-state index in [0.717, 1.165) is 4.90 Å². The van der Waals surface area contributed by atoms with Crippen molar-refractivity contribution in [2.75, 3.05) is 5.75 Å². The Morgan fingerprint density at radius 3 is 2.59 bits per heavy atom. The lowest BCUT2D eigenvalue weighted by molar-refractivity contribution is -0.146. The predicted molar refractivity (Wildman–Crippen MR) is 68.9 cm³/mol. The minimum Gasteiger partial charge on any atom is -0.481 e. The van der Waals surface area contributed by atoms with E-state index in [0.29, 0.717) is 5.75 Å². The monoisotopic (exact) mass is 252 g/mol. The number of hydrogen-bond acceptors (Lipinski definition) is 4. The Labute approximate surface area is 105 Å². The summed E-state index contributed by atoms with van der Waals surface area (Å²) >= 11 is 1.58. The lowest BCUT2D eigenvalue weighted by atomic mass is 10.2. The first-order chi connectivity index (χ1) is 7.99. The summed E-state index contributed by atoms with van der Waals surface area (Å²) in [6, 6.07) is 8.09. The van der Waals surface area contributed by atoms with E-state index in [-0.39, 0.29) is 5.92 Å². The van der Waals surface area contributed by atoms with Gasteiger partial charge in [0.1, 0.15) is 0 Å². The molecule has 1 rings (SSSR count). The quantitative estimate of drug-likeness (QED) is 0.496. The van der Waals surface area contributed by atoms with E-state index in [2.05, 4.69) is 11.3 Å². The Hall–Kier alpha value is -1.42. The lowest BCUT2D eigenvalue weighted by Gasteiger charge is -2.09. The van der Waals surface area contributed by atoms with Crippen LogP contribution in [-0.4, -0.2) is 16.8 Å². The first kappa shape index (κ1) is 13.6. The maximum absolute atomic E-state index is 11.4. The fraction of sp³-hybridized carbons (Fsp3) is 0.308. The molecule has 0 aromatic heterocycles. The minimum atomic E-state index is -0.554. The molecule has 0 heterocycles. The highest BCUT2D eigenvalue weighted by Crippen LogP contribution is 2.21. The second-order valence-electron chi connectivity index (χ2n) is 3.84. The number of rotatable bonds is 5. The zero-order valence-corrected chi connectivity index (χ0v) is 10.8. The second kappa shape index (κ2) is 6.35. The van der Waals surface area contributed by atoms with Crippen LogP contribution in [0.25, 0.3) is 0 Å². The highest BCUT2D eigenvalue weighted by Gasteiger charge is 2.15. The minimum absolute atomic E-state index is 0.287. The van der Waals surface area contributed by atoms with Gasteiger partial charge < -0.3 is 9.84 Å². The Morgan fingerprint density at radius 1 is 1.47 bits per heavy atom. The molecule has 1 atom stereocenters. The van der Waals surface area contributed by atoms with Crippen LogP contribution in [0.15, 0.2) is 41.7 Å². The second-order valence-corrected chi connectivity index (χ2v) is 4.93. The van der Waals surface area contributed by atoms with Gasteiger partial charge in [-0.1, -0.05) is 24.6 Å². The smallest absolute Gasteiger partial charge is 0.317 e. The van der Waals surface area contributed by atoms with Crippen LogP contribution in [0, 0.1) is 12.8 Å². The number of esters is 1. The molecule has 0 saturated carbocycles. The van der Waals surface area contributed by atoms with Crippen LogP contribution in [0.4, 0.5) is 0 Å². The number of aryl methyl sites for hydroxylation is 1. The Kier molecular flexibility index (Phi) is 5.10. The van der Waals surface area contributed by atoms with Gasteiger partial charge in [0.25, 0.3) is 5.95 Å². The molecule has 17 heavy (non-hydrogen) atoms. The molecule has 0 saturated heterocycles. The Bertz CT molecular complexity index is 398. The van der Waals surface area contributed by atoms with Gasteiger partial charge in [-0.3, -0.25) is 4.79 Å².